The monoisotopic (exact) mass is 1080 g/mol. The zero-order valence-electron chi connectivity index (χ0n) is 18.0. The van der Waals surface area contributed by atoms with Gasteiger partial charge in [-0.1, -0.05) is 0 Å². The summed E-state index contributed by atoms with van der Waals surface area (Å²) in [6.45, 7) is 0. The van der Waals surface area contributed by atoms with Gasteiger partial charge in [0.25, 0.3) is 0 Å². The van der Waals surface area contributed by atoms with Crippen LogP contribution < -0.4 is 0 Å². The first kappa shape index (κ1) is 49.2. The molecule has 0 fully saturated rings. The van der Waals surface area contributed by atoms with E-state index in [9.17, 15) is 121 Å². The minimum Gasteiger partial charge on any atom is 2.00 e. The molecule has 0 aromatic rings. The van der Waals surface area contributed by atoms with Gasteiger partial charge < -0.3 is 0 Å². The number of hydrogen-bond acceptors (Lipinski definition) is 24. The van der Waals surface area contributed by atoms with Crippen molar-refractivity contribution in [3.05, 3.63) is 121 Å². The van der Waals surface area contributed by atoms with Crippen LogP contribution in [-0.4, -0.2) is 194 Å². The van der Waals surface area contributed by atoms with E-state index in [4.69, 9.17) is 0 Å². The first-order valence-electron chi connectivity index (χ1n) is 6.17. The van der Waals surface area contributed by atoms with Gasteiger partial charge in [0.2, 0.25) is 0 Å². The van der Waals surface area contributed by atoms with Gasteiger partial charge in [-0.25, -0.2) is 0 Å². The summed E-state index contributed by atoms with van der Waals surface area (Å²) in [7, 11) is 0. The summed E-state index contributed by atoms with van der Waals surface area (Å²) in [5.41, 5.74) is 0. The van der Waals surface area contributed by atoms with Gasteiger partial charge in [-0.2, -0.15) is 0 Å². The Hall–Kier alpha value is -1.47. The van der Waals surface area contributed by atoms with E-state index in [2.05, 4.69) is 0 Å². The topological polar surface area (TPSA) is 518 Å². The molecule has 0 heterocycles. The summed E-state index contributed by atoms with van der Waals surface area (Å²) in [6, 6.07) is 0. The van der Waals surface area contributed by atoms with Crippen LogP contribution in [0.1, 0.15) is 0 Å². The molecule has 0 aliphatic carbocycles. The molecule has 0 aliphatic rings. The van der Waals surface area contributed by atoms with Crippen LogP contribution in [-0.2, 0) is 23.6 Å². The number of nitro groups is 12. The zero-order chi connectivity index (χ0) is 31.7. The SMILES string of the molecule is O=[N+]([O-])[Co-3]([N+](=O)[O-])([N+](=O)[O-])([N+](=O)[O-])([N+](=O)[O-])[N+](=O)[O-].O=[N+]([O-])[Co-3]([N+](=O)[O-])([N+](=O)[O-])([N+](=O)[O-])([N+](=O)[O-])[N+](=O)[O-].[Ba+2].[Ba+2].[Ba+2]. The van der Waals surface area contributed by atoms with Crippen LogP contribution in [0, 0.1) is 121 Å². The Morgan fingerprint density at radius 2 is 0.268 bits per heavy atom. The normalized spacial score (nSPS) is 13.5. The van der Waals surface area contributed by atoms with E-state index in [-0.39, 0.29) is 147 Å². The molecule has 0 N–H and O–H groups in total. The minimum absolute atomic E-state index is 0. The van der Waals surface area contributed by atoms with Crippen molar-refractivity contribution in [3.63, 3.8) is 0 Å². The Morgan fingerprint density at radius 1 is 0.220 bits per heavy atom. The molecule has 0 saturated heterocycles. The molecule has 41 heavy (non-hydrogen) atoms. The average Bonchev–Trinajstić information content (AvgIpc) is 2.67. The standard InChI is InChI=1S/3Ba.2Co.12NO2/c;;;;;12*2-1-3/q3*+2;2*-3;;;;;;;;;;;;. The van der Waals surface area contributed by atoms with Gasteiger partial charge >= 0.3 is 339 Å². The Labute approximate surface area is 333 Å². The zero-order valence-corrected chi connectivity index (χ0v) is 33.4. The van der Waals surface area contributed by atoms with E-state index in [0.717, 1.165) is 0 Å². The Balaban J connectivity index is -0.000000196. The van der Waals surface area contributed by atoms with Crippen molar-refractivity contribution >= 4 is 147 Å². The van der Waals surface area contributed by atoms with Gasteiger partial charge in [0.05, 0.1) is 0 Å². The summed E-state index contributed by atoms with van der Waals surface area (Å²) in [5.74, 6) is 0. The molecule has 0 atom stereocenters. The quantitative estimate of drug-likeness (QED) is 0.101. The van der Waals surface area contributed by atoms with Crippen LogP contribution in [0.4, 0.5) is 0 Å². The van der Waals surface area contributed by atoms with E-state index in [1.54, 1.807) is 0 Å². The third kappa shape index (κ3) is 3.66. The third-order valence-electron chi connectivity index (χ3n) is 3.27. The molecule has 0 amide bonds. The van der Waals surface area contributed by atoms with Gasteiger partial charge in [0.1, 0.15) is 0 Å². The fraction of sp³-hybridized carbons (Fsp3) is 0. The van der Waals surface area contributed by atoms with Gasteiger partial charge in [0.15, 0.2) is 0 Å². The molecule has 0 radical (unpaired) electrons. The van der Waals surface area contributed by atoms with E-state index in [0.29, 0.717) is 0 Å². The number of rotatable bonds is 12. The number of hydrogen-bond donors (Lipinski definition) is 0. The molecule has 0 unspecified atom stereocenters. The van der Waals surface area contributed by atoms with E-state index >= 15 is 0 Å². The van der Waals surface area contributed by atoms with E-state index < -0.39 is 71.3 Å². The van der Waals surface area contributed by atoms with Crippen molar-refractivity contribution in [3.8, 4) is 0 Å². The van der Waals surface area contributed by atoms with Crippen LogP contribution in [0.3, 0.4) is 0 Å². The van der Waals surface area contributed by atoms with Gasteiger partial charge in [-0.15, -0.1) is 0 Å². The largest absolute Gasteiger partial charge is 2.00 e. The van der Waals surface area contributed by atoms with Crippen molar-refractivity contribution in [2.75, 3.05) is 0 Å². The molecule has 0 bridgehead atoms. The summed E-state index contributed by atoms with van der Waals surface area (Å²) in [5, 5.41) is 126. The summed E-state index contributed by atoms with van der Waals surface area (Å²) in [4.78, 5) is 126. The van der Waals surface area contributed by atoms with E-state index in [1.165, 1.54) is 0 Å². The summed E-state index contributed by atoms with van der Waals surface area (Å²) < 4.78 is -39.1. The summed E-state index contributed by atoms with van der Waals surface area (Å²) in [6.07, 6.45) is 0. The van der Waals surface area contributed by atoms with Crippen LogP contribution >= 0.6 is 0 Å². The molecule has 0 spiro atoms. The van der Waals surface area contributed by atoms with Crippen molar-refractivity contribution in [2.45, 2.75) is 0 Å². The maximum atomic E-state index is 10.5. The molecule has 0 aromatic carbocycles. The maximum Gasteiger partial charge on any atom is 2.00 e. The third-order valence-corrected chi connectivity index (χ3v) is 13.5. The smallest absolute Gasteiger partial charge is 2.00 e. The second-order valence-corrected chi connectivity index (χ2v) is 15.2. The summed E-state index contributed by atoms with van der Waals surface area (Å²) >= 11 is -20.5. The molecular weight excluding hydrogens is 1080 g/mol. The number of nitrogens with zero attached hydrogens (tertiary/aromatic N) is 12. The molecular formula is Ba3Co2N12O24. The predicted molar refractivity (Wildman–Crippen MR) is 101 cm³/mol. The molecule has 0 saturated carbocycles. The molecule has 0 rings (SSSR count). The van der Waals surface area contributed by atoms with Gasteiger partial charge in [-0.3, -0.25) is 0 Å². The van der Waals surface area contributed by atoms with Crippen molar-refractivity contribution in [2.24, 2.45) is 0 Å². The van der Waals surface area contributed by atoms with Crippen molar-refractivity contribution in [1.29, 1.82) is 0 Å². The Morgan fingerprint density at radius 3 is 0.268 bits per heavy atom. The maximum absolute atomic E-state index is 10.5. The van der Waals surface area contributed by atoms with Crippen LogP contribution in [0.25, 0.3) is 0 Å². The Kier molecular flexibility index (Phi) is 15.6. The molecule has 0 aromatic heterocycles. The van der Waals surface area contributed by atoms with Gasteiger partial charge in [0, 0.05) is 0 Å². The molecule has 0 aliphatic heterocycles. The van der Waals surface area contributed by atoms with Crippen LogP contribution in [0.2, 0.25) is 0 Å². The molecule has 36 nitrogen and oxygen atoms in total. The second-order valence-electron chi connectivity index (χ2n) is 4.36. The van der Waals surface area contributed by atoms with Crippen molar-refractivity contribution in [1.82, 2.24) is 0 Å². The fourth-order valence-corrected chi connectivity index (χ4v) is 5.50. The Bertz CT molecular complexity index is 968. The van der Waals surface area contributed by atoms with Gasteiger partial charge in [-0.05, 0) is 0 Å². The predicted octanol–water partition coefficient (Wildman–Crippen LogP) is -4.42. The molecule has 228 valence electrons. The van der Waals surface area contributed by atoms with Crippen LogP contribution in [0.5, 0.6) is 0 Å². The molecule has 41 heteroatoms. The second kappa shape index (κ2) is 13.0. The van der Waals surface area contributed by atoms with E-state index in [1.807, 2.05) is 0 Å². The fourth-order valence-electron chi connectivity index (χ4n) is 1.33. The average molecular weight is 1080 g/mol. The first-order chi connectivity index (χ1) is 16.7. The van der Waals surface area contributed by atoms with Crippen molar-refractivity contribution < 1.29 is 71.3 Å². The minimum atomic E-state index is -10.3. The van der Waals surface area contributed by atoms with Crippen LogP contribution in [0.15, 0.2) is 0 Å². The first-order valence-corrected chi connectivity index (χ1v) is 11.8.